The van der Waals surface area contributed by atoms with Crippen LogP contribution in [0.5, 0.6) is 0 Å². The Balaban J connectivity index is 1.33. The van der Waals surface area contributed by atoms with Gasteiger partial charge in [0.1, 0.15) is 5.92 Å². The molecule has 27 heavy (non-hydrogen) atoms. The summed E-state index contributed by atoms with van der Waals surface area (Å²) >= 11 is 5.94. The molecule has 0 aromatic heterocycles. The predicted molar refractivity (Wildman–Crippen MR) is 107 cm³/mol. The summed E-state index contributed by atoms with van der Waals surface area (Å²) in [6.45, 7) is 3.98. The summed E-state index contributed by atoms with van der Waals surface area (Å²) < 4.78 is 0. The number of benzene rings is 1. The van der Waals surface area contributed by atoms with Gasteiger partial charge in [-0.2, -0.15) is 0 Å². The maximum absolute atomic E-state index is 13.0. The fourth-order valence-electron chi connectivity index (χ4n) is 4.76. The first-order chi connectivity index (χ1) is 13.1. The SMILES string of the molecule is O=C([C@H]1CCN(c2ccc(Cl)cc2)C1=O)N1CCN(C2CCCCC2)CC1. The molecule has 2 amide bonds. The van der Waals surface area contributed by atoms with Crippen molar-refractivity contribution in [3.8, 4) is 0 Å². The van der Waals surface area contributed by atoms with Crippen LogP contribution in [0.15, 0.2) is 24.3 Å². The molecule has 1 aromatic rings. The largest absolute Gasteiger partial charge is 0.339 e. The lowest BCUT2D eigenvalue weighted by Gasteiger charge is -2.41. The number of hydrogen-bond acceptors (Lipinski definition) is 3. The molecule has 2 saturated heterocycles. The molecule has 146 valence electrons. The lowest BCUT2D eigenvalue weighted by Crippen LogP contribution is -2.54. The van der Waals surface area contributed by atoms with Gasteiger partial charge in [0.05, 0.1) is 0 Å². The van der Waals surface area contributed by atoms with Crippen LogP contribution in [-0.2, 0) is 9.59 Å². The van der Waals surface area contributed by atoms with Gasteiger partial charge in [-0.3, -0.25) is 14.5 Å². The highest BCUT2D eigenvalue weighted by Crippen LogP contribution is 2.28. The Morgan fingerprint density at radius 1 is 0.889 bits per heavy atom. The van der Waals surface area contributed by atoms with Crippen molar-refractivity contribution in [2.24, 2.45) is 5.92 Å². The van der Waals surface area contributed by atoms with Crippen molar-refractivity contribution in [2.45, 2.75) is 44.6 Å². The third-order valence-corrected chi connectivity index (χ3v) is 6.61. The van der Waals surface area contributed by atoms with E-state index in [4.69, 9.17) is 11.6 Å². The highest BCUT2D eigenvalue weighted by atomic mass is 35.5. The molecule has 6 heteroatoms. The fourth-order valence-corrected chi connectivity index (χ4v) is 4.89. The molecule has 2 heterocycles. The second-order valence-electron chi connectivity index (χ2n) is 7.96. The first kappa shape index (κ1) is 18.8. The zero-order chi connectivity index (χ0) is 18.8. The Kier molecular flexibility index (Phi) is 5.69. The molecule has 0 bridgehead atoms. The average molecular weight is 390 g/mol. The second-order valence-corrected chi connectivity index (χ2v) is 8.40. The normalized spacial score (nSPS) is 25.2. The molecule has 1 aromatic carbocycles. The summed E-state index contributed by atoms with van der Waals surface area (Å²) in [7, 11) is 0. The molecule has 5 nitrogen and oxygen atoms in total. The van der Waals surface area contributed by atoms with Crippen LogP contribution in [0.3, 0.4) is 0 Å². The Morgan fingerprint density at radius 3 is 2.22 bits per heavy atom. The number of amides is 2. The van der Waals surface area contributed by atoms with Crippen LogP contribution in [0.2, 0.25) is 5.02 Å². The quantitative estimate of drug-likeness (QED) is 0.746. The highest BCUT2D eigenvalue weighted by molar-refractivity contribution is 6.30. The van der Waals surface area contributed by atoms with Crippen LogP contribution < -0.4 is 4.90 Å². The second kappa shape index (κ2) is 8.19. The van der Waals surface area contributed by atoms with Gasteiger partial charge in [0.25, 0.3) is 0 Å². The standard InChI is InChI=1S/C21H28ClN3O2/c22-16-6-8-18(9-7-16)25-11-10-19(21(25)27)20(26)24-14-12-23(13-15-24)17-4-2-1-3-5-17/h6-9,17,19H,1-5,10-15H2/t19-/m1/s1. The molecule has 2 aliphatic heterocycles. The zero-order valence-corrected chi connectivity index (χ0v) is 16.5. The maximum Gasteiger partial charge on any atom is 0.239 e. The molecular formula is C21H28ClN3O2. The van der Waals surface area contributed by atoms with Crippen LogP contribution in [0.1, 0.15) is 38.5 Å². The Morgan fingerprint density at radius 2 is 1.56 bits per heavy atom. The van der Waals surface area contributed by atoms with Gasteiger partial charge in [-0.1, -0.05) is 30.9 Å². The van der Waals surface area contributed by atoms with Gasteiger partial charge >= 0.3 is 0 Å². The Labute approximate surface area is 166 Å². The average Bonchev–Trinajstić information content (AvgIpc) is 3.10. The summed E-state index contributed by atoms with van der Waals surface area (Å²) in [5.74, 6) is -0.585. The lowest BCUT2D eigenvalue weighted by atomic mass is 9.93. The zero-order valence-electron chi connectivity index (χ0n) is 15.8. The molecule has 0 unspecified atom stereocenters. The topological polar surface area (TPSA) is 43.9 Å². The first-order valence-electron chi connectivity index (χ1n) is 10.2. The van der Waals surface area contributed by atoms with Crippen LogP contribution in [0, 0.1) is 5.92 Å². The number of carbonyl (C=O) groups excluding carboxylic acids is 2. The van der Waals surface area contributed by atoms with Crippen molar-refractivity contribution in [3.63, 3.8) is 0 Å². The van der Waals surface area contributed by atoms with Gasteiger partial charge in [0, 0.05) is 49.5 Å². The van der Waals surface area contributed by atoms with Crippen LogP contribution >= 0.6 is 11.6 Å². The number of hydrogen-bond donors (Lipinski definition) is 0. The molecule has 1 aliphatic carbocycles. The smallest absolute Gasteiger partial charge is 0.239 e. The summed E-state index contributed by atoms with van der Waals surface area (Å²) in [6.07, 6.45) is 7.23. The minimum Gasteiger partial charge on any atom is -0.339 e. The summed E-state index contributed by atoms with van der Waals surface area (Å²) in [6, 6.07) is 7.95. The third kappa shape index (κ3) is 3.99. The minimum absolute atomic E-state index is 0.0137. The molecule has 3 fully saturated rings. The molecule has 4 rings (SSSR count). The molecule has 1 saturated carbocycles. The Hall–Kier alpha value is -1.59. The van der Waals surface area contributed by atoms with E-state index in [0.717, 1.165) is 31.9 Å². The molecule has 0 radical (unpaired) electrons. The summed E-state index contributed by atoms with van der Waals surface area (Å²) in [4.78, 5) is 32.0. The lowest BCUT2D eigenvalue weighted by molar-refractivity contribution is -0.141. The Bertz CT molecular complexity index is 679. The number of piperazine rings is 1. The number of anilines is 1. The van der Waals surface area contributed by atoms with Gasteiger partial charge < -0.3 is 9.80 Å². The van der Waals surface area contributed by atoms with Gasteiger partial charge in [0.15, 0.2) is 0 Å². The van der Waals surface area contributed by atoms with Crippen LogP contribution in [0.4, 0.5) is 5.69 Å². The molecule has 0 N–H and O–H groups in total. The number of nitrogens with zero attached hydrogens (tertiary/aromatic N) is 3. The molecular weight excluding hydrogens is 362 g/mol. The maximum atomic E-state index is 13.0. The van der Waals surface area contributed by atoms with Crippen molar-refractivity contribution in [1.29, 1.82) is 0 Å². The van der Waals surface area contributed by atoms with E-state index in [2.05, 4.69) is 4.90 Å². The first-order valence-corrected chi connectivity index (χ1v) is 10.6. The van der Waals surface area contributed by atoms with E-state index >= 15 is 0 Å². The van der Waals surface area contributed by atoms with Crippen molar-refractivity contribution in [3.05, 3.63) is 29.3 Å². The van der Waals surface area contributed by atoms with Gasteiger partial charge in [-0.05, 0) is 43.5 Å². The van der Waals surface area contributed by atoms with E-state index in [9.17, 15) is 9.59 Å². The minimum atomic E-state index is -0.526. The third-order valence-electron chi connectivity index (χ3n) is 6.36. The van der Waals surface area contributed by atoms with Crippen molar-refractivity contribution in [1.82, 2.24) is 9.80 Å². The van der Waals surface area contributed by atoms with E-state index in [-0.39, 0.29) is 11.8 Å². The summed E-state index contributed by atoms with van der Waals surface area (Å²) in [5.41, 5.74) is 0.821. The monoisotopic (exact) mass is 389 g/mol. The van der Waals surface area contributed by atoms with E-state index in [1.165, 1.54) is 32.1 Å². The van der Waals surface area contributed by atoms with Crippen molar-refractivity contribution >= 4 is 29.1 Å². The number of halogens is 1. The van der Waals surface area contributed by atoms with Crippen molar-refractivity contribution < 1.29 is 9.59 Å². The summed E-state index contributed by atoms with van der Waals surface area (Å²) in [5, 5.41) is 0.647. The van der Waals surface area contributed by atoms with Gasteiger partial charge in [0.2, 0.25) is 11.8 Å². The predicted octanol–water partition coefficient (Wildman–Crippen LogP) is 3.17. The van der Waals surface area contributed by atoms with E-state index < -0.39 is 5.92 Å². The van der Waals surface area contributed by atoms with E-state index in [1.54, 1.807) is 17.0 Å². The fraction of sp³-hybridized carbons (Fsp3) is 0.619. The van der Waals surface area contributed by atoms with E-state index in [1.807, 2.05) is 17.0 Å². The van der Waals surface area contributed by atoms with E-state index in [0.29, 0.717) is 24.0 Å². The molecule has 3 aliphatic rings. The molecule has 1 atom stereocenters. The van der Waals surface area contributed by atoms with Crippen LogP contribution in [-0.4, -0.2) is 60.4 Å². The number of carbonyl (C=O) groups is 2. The highest BCUT2D eigenvalue weighted by Gasteiger charge is 2.40. The van der Waals surface area contributed by atoms with Crippen LogP contribution in [0.25, 0.3) is 0 Å². The van der Waals surface area contributed by atoms with Crippen molar-refractivity contribution in [2.75, 3.05) is 37.6 Å². The van der Waals surface area contributed by atoms with Gasteiger partial charge in [-0.15, -0.1) is 0 Å². The number of rotatable bonds is 3. The van der Waals surface area contributed by atoms with Gasteiger partial charge in [-0.25, -0.2) is 0 Å². The molecule has 0 spiro atoms.